The average Bonchev–Trinajstić information content (AvgIpc) is 3.47. The summed E-state index contributed by atoms with van der Waals surface area (Å²) >= 11 is 3.09. The molecule has 3 aromatic rings. The highest BCUT2D eigenvalue weighted by Crippen LogP contribution is 2.41. The lowest BCUT2D eigenvalue weighted by atomic mass is 9.75. The van der Waals surface area contributed by atoms with Crippen LogP contribution in [0.4, 0.5) is 4.39 Å². The normalized spacial score (nSPS) is 18.6. The molecular weight excluding hydrogens is 437 g/mol. The minimum Gasteiger partial charge on any atom is -0.340 e. The Morgan fingerprint density at radius 3 is 2.65 bits per heavy atom. The van der Waals surface area contributed by atoms with Gasteiger partial charge < -0.3 is 4.90 Å². The molecule has 3 amide bonds. The predicted octanol–water partition coefficient (Wildman–Crippen LogP) is 3.69. The zero-order chi connectivity index (χ0) is 22.2. The molecule has 4 rings (SSSR count). The molecule has 1 unspecified atom stereocenters. The lowest BCUT2D eigenvalue weighted by molar-refractivity contribution is -0.141. The van der Waals surface area contributed by atoms with Crippen LogP contribution in [0.25, 0.3) is 9.88 Å². The van der Waals surface area contributed by atoms with E-state index in [0.29, 0.717) is 0 Å². The van der Waals surface area contributed by atoms with Gasteiger partial charge in [-0.2, -0.15) is 0 Å². The van der Waals surface area contributed by atoms with E-state index in [1.54, 1.807) is 24.5 Å². The smallest absolute Gasteiger partial charge is 0.240 e. The van der Waals surface area contributed by atoms with Crippen LogP contribution in [-0.4, -0.2) is 46.6 Å². The molecule has 1 saturated heterocycles. The van der Waals surface area contributed by atoms with E-state index in [0.717, 1.165) is 20.5 Å². The molecule has 0 spiro atoms. The van der Waals surface area contributed by atoms with Crippen LogP contribution >= 0.6 is 22.7 Å². The van der Waals surface area contributed by atoms with Crippen molar-refractivity contribution < 1.29 is 18.8 Å². The standard InChI is InChI=1S/C22H20FN3O3S2/c1-25(12-14-13-31-20(24-14)17-8-5-9-30-17)18(27)10-22(11-19(28)26(2)21(22)29)15-6-3-4-7-16(15)23/h3-9,13H,10-12H2,1-2H3. The molecule has 0 radical (unpaired) electrons. The van der Waals surface area contributed by atoms with E-state index in [-0.39, 0.29) is 30.9 Å². The molecule has 31 heavy (non-hydrogen) atoms. The first kappa shape index (κ1) is 21.3. The van der Waals surface area contributed by atoms with Gasteiger partial charge in [-0.15, -0.1) is 22.7 Å². The third-order valence-corrected chi connectivity index (χ3v) is 7.42. The number of rotatable bonds is 6. The van der Waals surface area contributed by atoms with Crippen LogP contribution in [0.3, 0.4) is 0 Å². The zero-order valence-electron chi connectivity index (χ0n) is 17.0. The Balaban J connectivity index is 1.56. The number of aromatic nitrogens is 1. The van der Waals surface area contributed by atoms with Crippen LogP contribution < -0.4 is 0 Å². The van der Waals surface area contributed by atoms with Gasteiger partial charge >= 0.3 is 0 Å². The SMILES string of the molecule is CN(Cc1csc(-c2cccs2)n1)C(=O)CC1(c2ccccc2F)CC(=O)N(C)C1=O. The van der Waals surface area contributed by atoms with Crippen molar-refractivity contribution in [3.8, 4) is 9.88 Å². The largest absolute Gasteiger partial charge is 0.340 e. The van der Waals surface area contributed by atoms with Crippen LogP contribution in [0.1, 0.15) is 24.1 Å². The maximum absolute atomic E-state index is 14.6. The molecule has 3 heterocycles. The monoisotopic (exact) mass is 457 g/mol. The Bertz CT molecular complexity index is 1140. The molecule has 0 N–H and O–H groups in total. The number of amides is 3. The summed E-state index contributed by atoms with van der Waals surface area (Å²) in [6, 6.07) is 9.77. The molecule has 0 aliphatic carbocycles. The first-order valence-electron chi connectivity index (χ1n) is 9.60. The number of imide groups is 1. The second-order valence-electron chi connectivity index (χ2n) is 7.54. The topological polar surface area (TPSA) is 70.6 Å². The van der Waals surface area contributed by atoms with Crippen LogP contribution in [0.15, 0.2) is 47.2 Å². The number of likely N-dealkylation sites (tertiary alicyclic amines) is 1. The number of benzene rings is 1. The molecule has 1 aromatic carbocycles. The van der Waals surface area contributed by atoms with Gasteiger partial charge in [0.1, 0.15) is 10.8 Å². The van der Waals surface area contributed by atoms with E-state index in [4.69, 9.17) is 0 Å². The van der Waals surface area contributed by atoms with Crippen LogP contribution in [-0.2, 0) is 26.3 Å². The van der Waals surface area contributed by atoms with Gasteiger partial charge in [0.15, 0.2) is 0 Å². The number of nitrogens with zero attached hydrogens (tertiary/aromatic N) is 3. The van der Waals surface area contributed by atoms with Crippen molar-refractivity contribution in [3.63, 3.8) is 0 Å². The average molecular weight is 458 g/mol. The van der Waals surface area contributed by atoms with Gasteiger partial charge in [0.2, 0.25) is 17.7 Å². The third kappa shape index (κ3) is 3.90. The van der Waals surface area contributed by atoms with Gasteiger partial charge in [-0.05, 0) is 17.5 Å². The van der Waals surface area contributed by atoms with Crippen LogP contribution in [0, 0.1) is 5.82 Å². The summed E-state index contributed by atoms with van der Waals surface area (Å²) in [5.74, 6) is -1.94. The second kappa shape index (κ2) is 8.32. The summed E-state index contributed by atoms with van der Waals surface area (Å²) in [7, 11) is 2.98. The molecule has 1 atom stereocenters. The molecular formula is C22H20FN3O3S2. The van der Waals surface area contributed by atoms with Crippen molar-refractivity contribution in [2.45, 2.75) is 24.8 Å². The van der Waals surface area contributed by atoms with Crippen LogP contribution in [0.5, 0.6) is 0 Å². The third-order valence-electron chi connectivity index (χ3n) is 5.49. The predicted molar refractivity (Wildman–Crippen MR) is 117 cm³/mol. The van der Waals surface area contributed by atoms with E-state index in [1.807, 2.05) is 22.9 Å². The molecule has 1 aliphatic rings. The first-order valence-corrected chi connectivity index (χ1v) is 11.4. The quantitative estimate of drug-likeness (QED) is 0.530. The van der Waals surface area contributed by atoms with Gasteiger partial charge in [-0.1, -0.05) is 24.3 Å². The second-order valence-corrected chi connectivity index (χ2v) is 9.35. The fraction of sp³-hybridized carbons (Fsp3) is 0.273. The molecule has 0 saturated carbocycles. The van der Waals surface area contributed by atoms with Gasteiger partial charge in [-0.25, -0.2) is 9.37 Å². The van der Waals surface area contributed by atoms with Crippen molar-refractivity contribution in [1.29, 1.82) is 0 Å². The fourth-order valence-corrected chi connectivity index (χ4v) is 5.42. The Morgan fingerprint density at radius 1 is 1.23 bits per heavy atom. The van der Waals surface area contributed by atoms with Gasteiger partial charge in [-0.3, -0.25) is 19.3 Å². The van der Waals surface area contributed by atoms with Crippen molar-refractivity contribution in [1.82, 2.24) is 14.8 Å². The number of thiophene rings is 1. The Kier molecular flexibility index (Phi) is 5.72. The lowest BCUT2D eigenvalue weighted by Gasteiger charge is -2.28. The maximum Gasteiger partial charge on any atom is 0.240 e. The van der Waals surface area contributed by atoms with E-state index in [2.05, 4.69) is 4.98 Å². The van der Waals surface area contributed by atoms with Crippen molar-refractivity contribution in [2.24, 2.45) is 0 Å². The zero-order valence-corrected chi connectivity index (χ0v) is 18.6. The number of thiazole rings is 1. The van der Waals surface area contributed by atoms with Crippen molar-refractivity contribution in [2.75, 3.05) is 14.1 Å². The summed E-state index contributed by atoms with van der Waals surface area (Å²) in [5.41, 5.74) is -0.726. The van der Waals surface area contributed by atoms with E-state index in [9.17, 15) is 18.8 Å². The van der Waals surface area contributed by atoms with Crippen molar-refractivity contribution in [3.05, 3.63) is 64.2 Å². The molecule has 160 valence electrons. The lowest BCUT2D eigenvalue weighted by Crippen LogP contribution is -2.42. The fourth-order valence-electron chi connectivity index (χ4n) is 3.80. The number of carbonyl (C=O) groups is 3. The molecule has 1 aliphatic heterocycles. The summed E-state index contributed by atoms with van der Waals surface area (Å²) in [6.45, 7) is 0.256. The van der Waals surface area contributed by atoms with Gasteiger partial charge in [0.25, 0.3) is 0 Å². The Hall–Kier alpha value is -2.91. The number of carbonyl (C=O) groups excluding carboxylic acids is 3. The number of hydrogen-bond acceptors (Lipinski definition) is 6. The van der Waals surface area contributed by atoms with E-state index < -0.39 is 23.0 Å². The maximum atomic E-state index is 14.6. The highest BCUT2D eigenvalue weighted by molar-refractivity contribution is 7.20. The Morgan fingerprint density at radius 2 is 2.00 bits per heavy atom. The first-order chi connectivity index (χ1) is 14.8. The molecule has 0 bridgehead atoms. The van der Waals surface area contributed by atoms with Crippen LogP contribution in [0.2, 0.25) is 0 Å². The summed E-state index contributed by atoms with van der Waals surface area (Å²) in [4.78, 5) is 46.5. The van der Waals surface area contributed by atoms with E-state index in [1.165, 1.54) is 41.5 Å². The highest BCUT2D eigenvalue weighted by atomic mass is 32.1. The summed E-state index contributed by atoms with van der Waals surface area (Å²) in [5, 5.41) is 4.75. The molecule has 9 heteroatoms. The van der Waals surface area contributed by atoms with Crippen molar-refractivity contribution >= 4 is 40.4 Å². The minimum absolute atomic E-state index is 0.0769. The molecule has 6 nitrogen and oxygen atoms in total. The molecule has 2 aromatic heterocycles. The number of hydrogen-bond donors (Lipinski definition) is 0. The highest BCUT2D eigenvalue weighted by Gasteiger charge is 2.53. The Labute approximate surface area is 186 Å². The number of likely N-dealkylation sites (N-methyl/N-ethyl adjacent to an activating group) is 1. The summed E-state index contributed by atoms with van der Waals surface area (Å²) in [6.07, 6.45) is -0.524. The van der Waals surface area contributed by atoms with E-state index >= 15 is 0 Å². The number of halogens is 1. The minimum atomic E-state index is -1.53. The van der Waals surface area contributed by atoms with Gasteiger partial charge in [0, 0.05) is 37.9 Å². The van der Waals surface area contributed by atoms with Gasteiger partial charge in [0.05, 0.1) is 22.5 Å². The molecule has 1 fully saturated rings. The summed E-state index contributed by atoms with van der Waals surface area (Å²) < 4.78 is 14.6.